The van der Waals surface area contributed by atoms with E-state index in [0.29, 0.717) is 11.4 Å². The summed E-state index contributed by atoms with van der Waals surface area (Å²) in [4.78, 5) is 16.1. The number of pyridine rings is 1. The van der Waals surface area contributed by atoms with Gasteiger partial charge in [-0.2, -0.15) is 0 Å². The maximum Gasteiger partial charge on any atom is 0.270 e. The fourth-order valence-corrected chi connectivity index (χ4v) is 2.04. The first kappa shape index (κ1) is 14.1. The molecule has 1 atom stereocenters. The maximum absolute atomic E-state index is 12.1. The number of hydrazine groups is 1. The third-order valence-corrected chi connectivity index (χ3v) is 3.06. The van der Waals surface area contributed by atoms with Crippen LogP contribution in [0.2, 0.25) is 0 Å². The zero-order chi connectivity index (χ0) is 14.7. The number of carbonyl (C=O) groups excluding carboxylic acids is 1. The number of hydrogen-bond acceptors (Lipinski definition) is 5. The second-order valence-corrected chi connectivity index (χ2v) is 4.64. The van der Waals surface area contributed by atoms with E-state index in [1.807, 2.05) is 26.8 Å². The van der Waals surface area contributed by atoms with Crippen molar-refractivity contribution in [2.45, 2.75) is 26.8 Å². The normalized spacial score (nSPS) is 12.0. The van der Waals surface area contributed by atoms with Crippen LogP contribution in [0.3, 0.4) is 0 Å². The molecule has 0 spiro atoms. The molecule has 2 heterocycles. The Morgan fingerprint density at radius 3 is 2.65 bits per heavy atom. The molecule has 20 heavy (non-hydrogen) atoms. The largest absolute Gasteiger partial charge is 0.466 e. The van der Waals surface area contributed by atoms with Crippen LogP contribution in [-0.4, -0.2) is 10.9 Å². The molecule has 0 radical (unpaired) electrons. The lowest BCUT2D eigenvalue weighted by molar-refractivity contribution is 0.0934. The van der Waals surface area contributed by atoms with Gasteiger partial charge in [0.1, 0.15) is 17.2 Å². The lowest BCUT2D eigenvalue weighted by atomic mass is 10.1. The molecule has 0 fully saturated rings. The van der Waals surface area contributed by atoms with E-state index in [0.717, 1.165) is 17.1 Å². The predicted octanol–water partition coefficient (Wildman–Crippen LogP) is 2.07. The fourth-order valence-electron chi connectivity index (χ4n) is 2.04. The molecule has 2 aromatic heterocycles. The third-order valence-electron chi connectivity index (χ3n) is 3.06. The van der Waals surface area contributed by atoms with Crippen molar-refractivity contribution in [1.82, 2.24) is 10.3 Å². The van der Waals surface area contributed by atoms with Gasteiger partial charge in [0.15, 0.2) is 0 Å². The Hall–Kier alpha value is -2.34. The second kappa shape index (κ2) is 5.75. The van der Waals surface area contributed by atoms with Gasteiger partial charge in [0.25, 0.3) is 5.91 Å². The van der Waals surface area contributed by atoms with Gasteiger partial charge in [-0.3, -0.25) is 10.6 Å². The molecule has 0 bridgehead atoms. The molecule has 106 valence electrons. The first-order valence-electron chi connectivity index (χ1n) is 6.31. The molecule has 0 aliphatic carbocycles. The summed E-state index contributed by atoms with van der Waals surface area (Å²) in [5, 5.41) is 2.89. The van der Waals surface area contributed by atoms with Gasteiger partial charge < -0.3 is 15.2 Å². The number of aromatic nitrogens is 1. The lowest BCUT2D eigenvalue weighted by Crippen LogP contribution is -2.27. The van der Waals surface area contributed by atoms with Crippen molar-refractivity contribution >= 4 is 11.6 Å². The molecule has 6 nitrogen and oxygen atoms in total. The summed E-state index contributed by atoms with van der Waals surface area (Å²) < 4.78 is 5.46. The van der Waals surface area contributed by atoms with E-state index in [1.165, 1.54) is 6.20 Å². The van der Waals surface area contributed by atoms with Crippen molar-refractivity contribution in [1.29, 1.82) is 0 Å². The van der Waals surface area contributed by atoms with Crippen LogP contribution >= 0.6 is 0 Å². The molecule has 0 aromatic carbocycles. The Morgan fingerprint density at radius 1 is 1.40 bits per heavy atom. The number of aryl methyl sites for hydroxylation is 2. The number of nitrogens with one attached hydrogen (secondary N) is 2. The molecule has 0 saturated carbocycles. The third kappa shape index (κ3) is 2.97. The summed E-state index contributed by atoms with van der Waals surface area (Å²) in [6.07, 6.45) is 1.51. The smallest absolute Gasteiger partial charge is 0.270 e. The zero-order valence-electron chi connectivity index (χ0n) is 11.7. The molecule has 0 aliphatic rings. The highest BCUT2D eigenvalue weighted by Gasteiger charge is 2.16. The SMILES string of the molecule is Cc1cc(C(C)NC(=O)c2ccc(NN)cn2)c(C)o1. The number of nitrogens with zero attached hydrogens (tertiary/aromatic N) is 1. The molecule has 0 aliphatic heterocycles. The minimum Gasteiger partial charge on any atom is -0.466 e. The lowest BCUT2D eigenvalue weighted by Gasteiger charge is -2.13. The molecule has 2 rings (SSSR count). The molecule has 2 aromatic rings. The quantitative estimate of drug-likeness (QED) is 0.586. The van der Waals surface area contributed by atoms with Gasteiger partial charge in [-0.25, -0.2) is 4.98 Å². The molecule has 4 N–H and O–H groups in total. The molecule has 1 unspecified atom stereocenters. The number of anilines is 1. The van der Waals surface area contributed by atoms with E-state index < -0.39 is 0 Å². The highest BCUT2D eigenvalue weighted by molar-refractivity contribution is 5.92. The highest BCUT2D eigenvalue weighted by atomic mass is 16.3. The summed E-state index contributed by atoms with van der Waals surface area (Å²) in [6, 6.07) is 5.09. The van der Waals surface area contributed by atoms with Gasteiger partial charge in [0, 0.05) is 5.56 Å². The summed E-state index contributed by atoms with van der Waals surface area (Å²) in [5.74, 6) is 6.65. The monoisotopic (exact) mass is 274 g/mol. The highest BCUT2D eigenvalue weighted by Crippen LogP contribution is 2.21. The zero-order valence-corrected chi connectivity index (χ0v) is 11.7. The van der Waals surface area contributed by atoms with Crippen LogP contribution in [0.25, 0.3) is 0 Å². The van der Waals surface area contributed by atoms with Gasteiger partial charge in [-0.05, 0) is 39.0 Å². The van der Waals surface area contributed by atoms with E-state index in [4.69, 9.17) is 10.3 Å². The Morgan fingerprint density at radius 2 is 2.15 bits per heavy atom. The predicted molar refractivity (Wildman–Crippen MR) is 76.1 cm³/mol. The van der Waals surface area contributed by atoms with Gasteiger partial charge >= 0.3 is 0 Å². The van der Waals surface area contributed by atoms with Crippen LogP contribution in [0.15, 0.2) is 28.8 Å². The van der Waals surface area contributed by atoms with Crippen LogP contribution in [0.5, 0.6) is 0 Å². The average Bonchev–Trinajstić information content (AvgIpc) is 2.78. The minimum atomic E-state index is -0.237. The fraction of sp³-hybridized carbons (Fsp3) is 0.286. The van der Waals surface area contributed by atoms with Crippen LogP contribution in [0.1, 0.15) is 40.5 Å². The van der Waals surface area contributed by atoms with Crippen LogP contribution in [-0.2, 0) is 0 Å². The van der Waals surface area contributed by atoms with E-state index in [2.05, 4.69) is 15.7 Å². The molecular weight excluding hydrogens is 256 g/mol. The Bertz CT molecular complexity index is 604. The number of rotatable bonds is 4. The maximum atomic E-state index is 12.1. The summed E-state index contributed by atoms with van der Waals surface area (Å²) in [7, 11) is 0. The molecular formula is C14H18N4O2. The second-order valence-electron chi connectivity index (χ2n) is 4.64. The number of amides is 1. The van der Waals surface area contributed by atoms with Gasteiger partial charge in [0.2, 0.25) is 0 Å². The van der Waals surface area contributed by atoms with Crippen LogP contribution < -0.4 is 16.6 Å². The van der Waals surface area contributed by atoms with E-state index in [9.17, 15) is 4.79 Å². The summed E-state index contributed by atoms with van der Waals surface area (Å²) in [5.41, 5.74) is 4.42. The number of furan rings is 1. The van der Waals surface area contributed by atoms with Crippen molar-refractivity contribution in [3.8, 4) is 0 Å². The number of nitrogen functional groups attached to an aromatic ring is 1. The van der Waals surface area contributed by atoms with Gasteiger partial charge in [-0.15, -0.1) is 0 Å². The number of carbonyl (C=O) groups is 1. The Kier molecular flexibility index (Phi) is 4.05. The van der Waals surface area contributed by atoms with E-state index in [-0.39, 0.29) is 11.9 Å². The number of nitrogens with two attached hydrogens (primary N) is 1. The standard InChI is InChI=1S/C14H18N4O2/c1-8-6-12(10(3)20-8)9(2)17-14(19)13-5-4-11(18-15)7-16-13/h4-7,9,18H,15H2,1-3H3,(H,17,19). The van der Waals surface area contributed by atoms with Crippen LogP contribution in [0, 0.1) is 13.8 Å². The minimum absolute atomic E-state index is 0.144. The molecule has 6 heteroatoms. The van der Waals surface area contributed by atoms with Crippen molar-refractivity contribution in [3.63, 3.8) is 0 Å². The molecule has 1 amide bonds. The van der Waals surface area contributed by atoms with Gasteiger partial charge in [0.05, 0.1) is 17.9 Å². The Labute approximate surface area is 117 Å². The van der Waals surface area contributed by atoms with E-state index in [1.54, 1.807) is 12.1 Å². The van der Waals surface area contributed by atoms with E-state index >= 15 is 0 Å². The molecule has 0 saturated heterocycles. The topological polar surface area (TPSA) is 93.2 Å². The Balaban J connectivity index is 2.08. The van der Waals surface area contributed by atoms with Crippen molar-refractivity contribution < 1.29 is 9.21 Å². The first-order chi connectivity index (χ1) is 9.51. The first-order valence-corrected chi connectivity index (χ1v) is 6.31. The van der Waals surface area contributed by atoms with Crippen molar-refractivity contribution in [3.05, 3.63) is 47.2 Å². The van der Waals surface area contributed by atoms with Crippen LogP contribution in [0.4, 0.5) is 5.69 Å². The van der Waals surface area contributed by atoms with Crippen molar-refractivity contribution in [2.24, 2.45) is 5.84 Å². The van der Waals surface area contributed by atoms with Crippen molar-refractivity contribution in [2.75, 3.05) is 5.43 Å². The number of hydrogen-bond donors (Lipinski definition) is 3. The van der Waals surface area contributed by atoms with Gasteiger partial charge in [-0.1, -0.05) is 0 Å². The summed E-state index contributed by atoms with van der Waals surface area (Å²) in [6.45, 7) is 5.67. The summed E-state index contributed by atoms with van der Waals surface area (Å²) >= 11 is 0. The average molecular weight is 274 g/mol.